The molecule has 0 radical (unpaired) electrons. The molecule has 2 heterocycles. The van der Waals surface area contributed by atoms with Crippen LogP contribution in [0.5, 0.6) is 0 Å². The third-order valence-electron chi connectivity index (χ3n) is 2.61. The van der Waals surface area contributed by atoms with E-state index >= 15 is 0 Å². The van der Waals surface area contributed by atoms with E-state index in [-0.39, 0.29) is 0 Å². The molecule has 0 unspecified atom stereocenters. The standard InChI is InChI=1S/C12H11BrN6/c13-8-2-1-3-9(6-8)16-11-12-15-4-5-19(12)7-10(17-11)18-14/h1-7,18H,14H2,(H,16,17). The Hall–Kier alpha value is -2.12. The van der Waals surface area contributed by atoms with Crippen LogP contribution in [0.4, 0.5) is 17.3 Å². The molecule has 4 N–H and O–H groups in total. The van der Waals surface area contributed by atoms with Crippen LogP contribution in [0, 0.1) is 0 Å². The zero-order valence-corrected chi connectivity index (χ0v) is 11.4. The van der Waals surface area contributed by atoms with Crippen LogP contribution in [0.15, 0.2) is 47.3 Å². The Kier molecular flexibility index (Phi) is 3.06. The number of rotatable bonds is 3. The number of nitrogens with one attached hydrogen (secondary N) is 2. The van der Waals surface area contributed by atoms with Gasteiger partial charge in [0, 0.05) is 22.6 Å². The van der Waals surface area contributed by atoms with Gasteiger partial charge in [0.2, 0.25) is 0 Å². The topological polar surface area (TPSA) is 80.3 Å². The first-order chi connectivity index (χ1) is 9.26. The highest BCUT2D eigenvalue weighted by Gasteiger charge is 2.07. The van der Waals surface area contributed by atoms with Crippen LogP contribution in [0.1, 0.15) is 0 Å². The summed E-state index contributed by atoms with van der Waals surface area (Å²) in [4.78, 5) is 8.64. The highest BCUT2D eigenvalue weighted by Crippen LogP contribution is 2.23. The van der Waals surface area contributed by atoms with Gasteiger partial charge >= 0.3 is 0 Å². The summed E-state index contributed by atoms with van der Waals surface area (Å²) < 4.78 is 2.84. The number of fused-ring (bicyclic) bond motifs is 1. The number of hydrogen-bond donors (Lipinski definition) is 3. The second-order valence-electron chi connectivity index (χ2n) is 3.91. The molecule has 0 aliphatic heterocycles. The maximum Gasteiger partial charge on any atom is 0.180 e. The van der Waals surface area contributed by atoms with Crippen LogP contribution in [-0.2, 0) is 0 Å². The largest absolute Gasteiger partial charge is 0.337 e. The molecule has 96 valence electrons. The molecule has 1 aromatic carbocycles. The SMILES string of the molecule is NNc1cn2ccnc2c(Nc2cccc(Br)c2)n1. The molecule has 0 bridgehead atoms. The summed E-state index contributed by atoms with van der Waals surface area (Å²) in [6, 6.07) is 7.82. The Morgan fingerprint density at radius 2 is 2.21 bits per heavy atom. The van der Waals surface area contributed by atoms with Crippen molar-refractivity contribution in [3.63, 3.8) is 0 Å². The van der Waals surface area contributed by atoms with Crippen molar-refractivity contribution >= 4 is 38.9 Å². The van der Waals surface area contributed by atoms with Gasteiger partial charge in [0.25, 0.3) is 0 Å². The molecule has 0 saturated carbocycles. The van der Waals surface area contributed by atoms with Gasteiger partial charge in [0.1, 0.15) is 0 Å². The fourth-order valence-electron chi connectivity index (χ4n) is 1.79. The smallest absolute Gasteiger partial charge is 0.180 e. The Morgan fingerprint density at radius 3 is 3.00 bits per heavy atom. The quantitative estimate of drug-likeness (QED) is 0.511. The predicted octanol–water partition coefficient (Wildman–Crippen LogP) is 2.52. The number of imidazole rings is 1. The lowest BCUT2D eigenvalue weighted by molar-refractivity contribution is 1.11. The van der Waals surface area contributed by atoms with Gasteiger partial charge < -0.3 is 15.1 Å². The Morgan fingerprint density at radius 1 is 1.32 bits per heavy atom. The minimum Gasteiger partial charge on any atom is -0.337 e. The molecule has 0 spiro atoms. The summed E-state index contributed by atoms with van der Waals surface area (Å²) in [6.45, 7) is 0. The summed E-state index contributed by atoms with van der Waals surface area (Å²) in [5.74, 6) is 6.61. The molecule has 0 amide bonds. The predicted molar refractivity (Wildman–Crippen MR) is 78.2 cm³/mol. The molecule has 6 nitrogen and oxygen atoms in total. The summed E-state index contributed by atoms with van der Waals surface area (Å²) in [7, 11) is 0. The summed E-state index contributed by atoms with van der Waals surface area (Å²) in [5.41, 5.74) is 4.19. The average Bonchev–Trinajstić information content (AvgIpc) is 2.87. The van der Waals surface area contributed by atoms with Gasteiger partial charge in [-0.15, -0.1) is 0 Å². The van der Waals surface area contributed by atoms with Gasteiger partial charge in [-0.1, -0.05) is 22.0 Å². The van der Waals surface area contributed by atoms with E-state index in [9.17, 15) is 0 Å². The Balaban J connectivity index is 2.06. The zero-order valence-electron chi connectivity index (χ0n) is 9.84. The highest BCUT2D eigenvalue weighted by molar-refractivity contribution is 9.10. The lowest BCUT2D eigenvalue weighted by Crippen LogP contribution is -2.11. The van der Waals surface area contributed by atoms with Crippen LogP contribution in [0.2, 0.25) is 0 Å². The van der Waals surface area contributed by atoms with E-state index < -0.39 is 0 Å². The molecule has 0 saturated heterocycles. The van der Waals surface area contributed by atoms with E-state index in [2.05, 4.69) is 36.6 Å². The van der Waals surface area contributed by atoms with Crippen molar-refractivity contribution in [2.75, 3.05) is 10.7 Å². The molecule has 0 atom stereocenters. The van der Waals surface area contributed by atoms with Gasteiger partial charge in [-0.2, -0.15) is 0 Å². The molecular formula is C12H11BrN6. The Bertz CT molecular complexity index is 723. The molecule has 7 heteroatoms. The minimum absolute atomic E-state index is 0.558. The van der Waals surface area contributed by atoms with Gasteiger partial charge in [0.15, 0.2) is 17.3 Å². The maximum atomic E-state index is 5.41. The molecule has 2 aromatic heterocycles. The van der Waals surface area contributed by atoms with Crippen molar-refractivity contribution in [2.45, 2.75) is 0 Å². The number of anilines is 3. The number of hydrazine groups is 1. The first kappa shape index (κ1) is 11.9. The summed E-state index contributed by atoms with van der Waals surface area (Å²) in [6.07, 6.45) is 5.32. The fourth-order valence-corrected chi connectivity index (χ4v) is 2.19. The molecule has 3 aromatic rings. The second kappa shape index (κ2) is 4.87. The van der Waals surface area contributed by atoms with Crippen molar-refractivity contribution in [1.29, 1.82) is 0 Å². The Labute approximate surface area is 117 Å². The van der Waals surface area contributed by atoms with Gasteiger partial charge in [-0.25, -0.2) is 15.8 Å². The van der Waals surface area contributed by atoms with E-state index in [0.29, 0.717) is 11.6 Å². The number of nitrogens with two attached hydrogens (primary N) is 1. The number of nitrogens with zero attached hydrogens (tertiary/aromatic N) is 3. The zero-order chi connectivity index (χ0) is 13.2. The summed E-state index contributed by atoms with van der Waals surface area (Å²) >= 11 is 3.43. The van der Waals surface area contributed by atoms with E-state index in [0.717, 1.165) is 15.8 Å². The number of halogens is 1. The van der Waals surface area contributed by atoms with E-state index in [1.54, 1.807) is 12.4 Å². The molecule has 3 rings (SSSR count). The molecule has 0 fully saturated rings. The lowest BCUT2D eigenvalue weighted by Gasteiger charge is -2.09. The molecule has 0 aliphatic carbocycles. The number of aromatic nitrogens is 3. The van der Waals surface area contributed by atoms with Crippen molar-refractivity contribution < 1.29 is 0 Å². The summed E-state index contributed by atoms with van der Waals surface area (Å²) in [5, 5.41) is 3.23. The van der Waals surface area contributed by atoms with E-state index in [4.69, 9.17) is 5.84 Å². The average molecular weight is 319 g/mol. The number of benzene rings is 1. The van der Waals surface area contributed by atoms with Crippen LogP contribution in [-0.4, -0.2) is 14.4 Å². The minimum atomic E-state index is 0.558. The van der Waals surface area contributed by atoms with E-state index in [1.165, 1.54) is 0 Å². The normalized spacial score (nSPS) is 10.6. The first-order valence-corrected chi connectivity index (χ1v) is 6.38. The second-order valence-corrected chi connectivity index (χ2v) is 4.83. The third-order valence-corrected chi connectivity index (χ3v) is 3.10. The first-order valence-electron chi connectivity index (χ1n) is 5.59. The molecule has 19 heavy (non-hydrogen) atoms. The molecule has 0 aliphatic rings. The third kappa shape index (κ3) is 2.38. The molecular weight excluding hydrogens is 308 g/mol. The van der Waals surface area contributed by atoms with Gasteiger partial charge in [0.05, 0.1) is 6.20 Å². The van der Waals surface area contributed by atoms with Crippen molar-refractivity contribution in [1.82, 2.24) is 14.4 Å². The fraction of sp³-hybridized carbons (Fsp3) is 0. The van der Waals surface area contributed by atoms with Crippen LogP contribution in [0.25, 0.3) is 5.65 Å². The van der Waals surface area contributed by atoms with E-state index in [1.807, 2.05) is 34.9 Å². The van der Waals surface area contributed by atoms with Crippen LogP contribution >= 0.6 is 15.9 Å². The maximum absolute atomic E-state index is 5.41. The van der Waals surface area contributed by atoms with Gasteiger partial charge in [-0.3, -0.25) is 0 Å². The lowest BCUT2D eigenvalue weighted by atomic mass is 10.3. The monoisotopic (exact) mass is 318 g/mol. The number of hydrogen-bond acceptors (Lipinski definition) is 5. The number of nitrogen functional groups attached to an aromatic ring is 1. The van der Waals surface area contributed by atoms with Gasteiger partial charge in [-0.05, 0) is 18.2 Å². The van der Waals surface area contributed by atoms with Crippen molar-refractivity contribution in [2.24, 2.45) is 5.84 Å². The van der Waals surface area contributed by atoms with Crippen molar-refractivity contribution in [3.8, 4) is 0 Å². The highest BCUT2D eigenvalue weighted by atomic mass is 79.9. The van der Waals surface area contributed by atoms with Crippen molar-refractivity contribution in [3.05, 3.63) is 47.3 Å². The van der Waals surface area contributed by atoms with Crippen LogP contribution in [0.3, 0.4) is 0 Å². The van der Waals surface area contributed by atoms with Crippen LogP contribution < -0.4 is 16.6 Å².